The molecule has 3 aliphatic rings. The Hall–Kier alpha value is -2.91. The third-order valence-corrected chi connectivity index (χ3v) is 7.54. The van der Waals surface area contributed by atoms with Crippen molar-refractivity contribution in [1.29, 1.82) is 0 Å². The van der Waals surface area contributed by atoms with E-state index in [2.05, 4.69) is 19.8 Å². The fraction of sp³-hybridized carbons (Fsp3) is 0.577. The van der Waals surface area contributed by atoms with Gasteiger partial charge in [-0.05, 0) is 69.6 Å². The zero-order chi connectivity index (χ0) is 26.0. The van der Waals surface area contributed by atoms with Crippen LogP contribution in [0.2, 0.25) is 0 Å². The van der Waals surface area contributed by atoms with Crippen LogP contribution in [-0.2, 0) is 9.53 Å². The average Bonchev–Trinajstić information content (AvgIpc) is 2.85. The minimum absolute atomic E-state index is 0.0315. The highest BCUT2D eigenvalue weighted by Crippen LogP contribution is 2.35. The first kappa shape index (κ1) is 26.2. The molecule has 1 amide bonds. The third-order valence-electron chi connectivity index (χ3n) is 7.54. The maximum absolute atomic E-state index is 13.4. The van der Waals surface area contributed by atoms with Crippen LogP contribution in [0, 0.1) is 13.8 Å². The van der Waals surface area contributed by atoms with Crippen LogP contribution in [0.5, 0.6) is 0 Å². The Balaban J connectivity index is 1.36. The van der Waals surface area contributed by atoms with Gasteiger partial charge >= 0.3 is 6.36 Å². The summed E-state index contributed by atoms with van der Waals surface area (Å²) in [6, 6.07) is 0.0315. The van der Waals surface area contributed by atoms with Gasteiger partial charge in [-0.2, -0.15) is 5.10 Å². The van der Waals surface area contributed by atoms with Gasteiger partial charge in [-0.1, -0.05) is 12.2 Å². The Kier molecular flexibility index (Phi) is 7.70. The Bertz CT molecular complexity index is 1090. The molecule has 0 bridgehead atoms. The summed E-state index contributed by atoms with van der Waals surface area (Å²) in [5.41, 5.74) is 3.61. The summed E-state index contributed by atoms with van der Waals surface area (Å²) in [7, 11) is 1.75. The molecule has 1 unspecified atom stereocenters. The topological polar surface area (TPSA) is 58.6 Å². The summed E-state index contributed by atoms with van der Waals surface area (Å²) in [6.45, 7) is 5.53. The fourth-order valence-electron chi connectivity index (χ4n) is 5.24. The van der Waals surface area contributed by atoms with E-state index in [4.69, 9.17) is 0 Å². The number of carbonyl (C=O) groups is 1. The van der Waals surface area contributed by atoms with Gasteiger partial charge < -0.3 is 14.5 Å². The molecular weight excluding hydrogens is 476 g/mol. The van der Waals surface area contributed by atoms with Crippen molar-refractivity contribution in [3.63, 3.8) is 0 Å². The van der Waals surface area contributed by atoms with Crippen LogP contribution < -0.4 is 4.90 Å². The number of alkyl halides is 3. The number of amides is 1. The highest BCUT2D eigenvalue weighted by Gasteiger charge is 2.34. The Morgan fingerprint density at radius 3 is 2.36 bits per heavy atom. The predicted molar refractivity (Wildman–Crippen MR) is 128 cm³/mol. The van der Waals surface area contributed by atoms with Crippen LogP contribution in [-0.4, -0.2) is 53.5 Å². The first-order valence-electron chi connectivity index (χ1n) is 12.4. The van der Waals surface area contributed by atoms with Gasteiger partial charge in [0.15, 0.2) is 5.82 Å². The van der Waals surface area contributed by atoms with Crippen LogP contribution in [0.4, 0.5) is 23.4 Å². The van der Waals surface area contributed by atoms with Gasteiger partial charge in [-0.15, -0.1) is 18.3 Å². The number of halogens is 4. The summed E-state index contributed by atoms with van der Waals surface area (Å²) in [5, 5.41) is 9.07. The lowest BCUT2D eigenvalue weighted by Gasteiger charge is -2.38. The molecule has 0 radical (unpaired) electrons. The zero-order valence-electron chi connectivity index (χ0n) is 20.9. The Labute approximate surface area is 208 Å². The maximum atomic E-state index is 13.4. The number of nitrogens with zero attached hydrogens (tertiary/aromatic N) is 4. The minimum Gasteiger partial charge on any atom is -0.410 e. The largest absolute Gasteiger partial charge is 0.572 e. The number of hydrogen-bond donors (Lipinski definition) is 0. The van der Waals surface area contributed by atoms with Crippen LogP contribution in [0.15, 0.2) is 35.4 Å². The predicted octanol–water partition coefficient (Wildman–Crippen LogP) is 5.78. The van der Waals surface area contributed by atoms with Gasteiger partial charge in [0.25, 0.3) is 0 Å². The van der Waals surface area contributed by atoms with Gasteiger partial charge in [-0.25, -0.2) is 4.39 Å². The van der Waals surface area contributed by atoms with Crippen molar-refractivity contribution >= 4 is 11.7 Å². The Morgan fingerprint density at radius 1 is 1.06 bits per heavy atom. The minimum atomic E-state index is -4.72. The highest BCUT2D eigenvalue weighted by molar-refractivity contribution is 5.94. The second kappa shape index (κ2) is 10.6. The molecule has 1 aromatic heterocycles. The molecule has 10 heteroatoms. The summed E-state index contributed by atoms with van der Waals surface area (Å²) in [5.74, 6) is 0.645. The first-order chi connectivity index (χ1) is 17.0. The highest BCUT2D eigenvalue weighted by atomic mass is 19.4. The second-order valence-corrected chi connectivity index (χ2v) is 9.79. The summed E-state index contributed by atoms with van der Waals surface area (Å²) in [6.07, 6.45) is 3.19. The molecule has 4 rings (SSSR count). The number of hydrogen-bond acceptors (Lipinski definition) is 5. The van der Waals surface area contributed by atoms with Crippen LogP contribution in [0.25, 0.3) is 0 Å². The van der Waals surface area contributed by atoms with Gasteiger partial charge in [0.2, 0.25) is 5.91 Å². The van der Waals surface area contributed by atoms with Crippen molar-refractivity contribution in [2.75, 3.05) is 25.0 Å². The monoisotopic (exact) mass is 508 g/mol. The second-order valence-electron chi connectivity index (χ2n) is 9.79. The smallest absolute Gasteiger partial charge is 0.410 e. The van der Waals surface area contributed by atoms with Crippen molar-refractivity contribution in [3.8, 4) is 0 Å². The lowest BCUT2D eigenvalue weighted by atomic mass is 9.88. The maximum Gasteiger partial charge on any atom is 0.572 e. The van der Waals surface area contributed by atoms with E-state index in [1.165, 1.54) is 12.2 Å². The molecule has 6 nitrogen and oxygen atoms in total. The molecule has 0 aromatic carbocycles. The molecular formula is C26H32F4N4O2. The molecule has 1 aliphatic heterocycles. The number of aromatic nitrogens is 2. The van der Waals surface area contributed by atoms with Crippen LogP contribution in [0.3, 0.4) is 0 Å². The molecule has 36 heavy (non-hydrogen) atoms. The molecule has 0 spiro atoms. The van der Waals surface area contributed by atoms with E-state index in [0.29, 0.717) is 18.4 Å². The number of likely N-dealkylation sites (N-methyl/N-ethyl adjacent to an activating group) is 1. The van der Waals surface area contributed by atoms with Crippen molar-refractivity contribution in [2.24, 2.45) is 0 Å². The van der Waals surface area contributed by atoms with E-state index in [1.807, 2.05) is 13.8 Å². The number of ether oxygens (including phenoxy) is 1. The number of anilines is 1. The van der Waals surface area contributed by atoms with Gasteiger partial charge in [0, 0.05) is 44.1 Å². The molecule has 0 N–H and O–H groups in total. The molecule has 1 saturated heterocycles. The SMILES string of the molecule is Cc1c(C2CC=C(F)CC2)nnc(N2CCC(N(C)C(=O)C3=CC=C(OC(F)(F)F)CC3)CC2)c1C. The van der Waals surface area contributed by atoms with Crippen LogP contribution in [0.1, 0.15) is 67.7 Å². The third kappa shape index (κ3) is 5.90. The molecule has 1 fully saturated rings. The number of rotatable bonds is 5. The van der Waals surface area contributed by atoms with Crippen molar-refractivity contribution in [3.05, 3.63) is 52.2 Å². The normalized spacial score (nSPS) is 21.5. The Morgan fingerprint density at radius 2 is 1.78 bits per heavy atom. The molecule has 0 saturated carbocycles. The van der Waals surface area contributed by atoms with E-state index >= 15 is 0 Å². The fourth-order valence-corrected chi connectivity index (χ4v) is 5.24. The van der Waals surface area contributed by atoms with Crippen LogP contribution >= 0.6 is 0 Å². The molecule has 196 valence electrons. The van der Waals surface area contributed by atoms with Crippen molar-refractivity contribution in [1.82, 2.24) is 15.1 Å². The van der Waals surface area contributed by atoms with Gasteiger partial charge in [-0.3, -0.25) is 4.79 Å². The molecule has 1 aromatic rings. The number of carbonyl (C=O) groups excluding carboxylic acids is 1. The zero-order valence-corrected chi connectivity index (χ0v) is 20.9. The average molecular weight is 509 g/mol. The van der Waals surface area contributed by atoms with Gasteiger partial charge in [0.1, 0.15) is 5.76 Å². The number of allylic oxidation sites excluding steroid dienone is 5. The molecule has 2 heterocycles. The summed E-state index contributed by atoms with van der Waals surface area (Å²) < 4.78 is 54.6. The van der Waals surface area contributed by atoms with E-state index in [9.17, 15) is 22.4 Å². The van der Waals surface area contributed by atoms with E-state index in [-0.39, 0.29) is 42.3 Å². The van der Waals surface area contributed by atoms with Crippen molar-refractivity contribution < 1.29 is 27.1 Å². The van der Waals surface area contributed by atoms with E-state index < -0.39 is 6.36 Å². The number of piperidine rings is 1. The van der Waals surface area contributed by atoms with E-state index in [0.717, 1.165) is 55.0 Å². The van der Waals surface area contributed by atoms with Gasteiger partial charge in [0.05, 0.1) is 11.5 Å². The molecule has 2 aliphatic carbocycles. The first-order valence-corrected chi connectivity index (χ1v) is 12.4. The quantitative estimate of drug-likeness (QED) is 0.472. The molecule has 1 atom stereocenters. The summed E-state index contributed by atoms with van der Waals surface area (Å²) in [4.78, 5) is 16.8. The van der Waals surface area contributed by atoms with Crippen molar-refractivity contribution in [2.45, 2.75) is 77.1 Å². The standard InChI is InChI=1S/C26H32F4N4O2/c1-16-17(2)24(32-31-23(16)18-4-8-20(27)9-5-18)34-14-12-21(13-15-34)33(3)25(35)19-6-10-22(11-7-19)36-26(28,29)30/h6,8,10,18,21H,4-5,7,9,11-15H2,1-3H3. The summed E-state index contributed by atoms with van der Waals surface area (Å²) >= 11 is 0. The lowest BCUT2D eigenvalue weighted by Crippen LogP contribution is -2.46. The lowest BCUT2D eigenvalue weighted by molar-refractivity contribution is -0.306. The van der Waals surface area contributed by atoms with E-state index in [1.54, 1.807) is 18.0 Å².